The minimum Gasteiger partial charge on any atom is -0.323 e. The van der Waals surface area contributed by atoms with Crippen molar-refractivity contribution >= 4 is 61.0 Å². The molecule has 0 saturated heterocycles. The van der Waals surface area contributed by atoms with Gasteiger partial charge in [0.25, 0.3) is 0 Å². The Kier molecular flexibility index (Phi) is 10.4. The Morgan fingerprint density at radius 1 is 0.297 bits per heavy atom. The fraction of sp³-hybridized carbons (Fsp3) is 0.0141. The van der Waals surface area contributed by atoms with E-state index in [1.165, 1.54) is 71.6 Å². The monoisotopic (exact) mass is 943 g/mol. The smallest absolute Gasteiger partial charge is 0.122 e. The standard InChI is InChI=1S/C71H49N3/c1-5-21-50(22-6-1)52-39-41-56(42-40-52)73-69-37-18-16-35-64(69)65-46-44-59(49-70(65)73)72(68-38-20-26-53-25-13-14-33-61(53)68)58-43-45-63-62-34-15-17-36-66(62)71(67(63)48-58,55-28-9-3-10-29-55)74(57-30-11-4-12-31-57)60-32-19-27-54(47-60)51-23-7-2-8-24-51/h1-49H. The highest BCUT2D eigenvalue weighted by atomic mass is 15.2. The van der Waals surface area contributed by atoms with Crippen molar-refractivity contribution in [3.05, 3.63) is 314 Å². The van der Waals surface area contributed by atoms with Crippen LogP contribution in [0.1, 0.15) is 16.7 Å². The van der Waals surface area contributed by atoms with E-state index in [1.54, 1.807) is 0 Å². The number of nitrogens with zero attached hydrogens (tertiary/aromatic N) is 3. The molecule has 0 aliphatic heterocycles. The molecule has 74 heavy (non-hydrogen) atoms. The molecule has 1 atom stereocenters. The van der Waals surface area contributed by atoms with E-state index >= 15 is 0 Å². The van der Waals surface area contributed by atoms with Crippen molar-refractivity contribution in [3.63, 3.8) is 0 Å². The van der Waals surface area contributed by atoms with Gasteiger partial charge in [-0.05, 0) is 128 Å². The van der Waals surface area contributed by atoms with Gasteiger partial charge < -0.3 is 14.4 Å². The number of anilines is 5. The average molecular weight is 944 g/mol. The Morgan fingerprint density at radius 2 is 0.838 bits per heavy atom. The van der Waals surface area contributed by atoms with E-state index in [9.17, 15) is 0 Å². The Labute approximate surface area is 431 Å². The maximum Gasteiger partial charge on any atom is 0.122 e. The van der Waals surface area contributed by atoms with Crippen molar-refractivity contribution in [3.8, 4) is 39.1 Å². The van der Waals surface area contributed by atoms with Gasteiger partial charge in [-0.15, -0.1) is 0 Å². The van der Waals surface area contributed by atoms with Gasteiger partial charge in [-0.3, -0.25) is 0 Å². The lowest BCUT2D eigenvalue weighted by atomic mass is 9.78. The summed E-state index contributed by atoms with van der Waals surface area (Å²) in [6.07, 6.45) is 0. The van der Waals surface area contributed by atoms with Gasteiger partial charge in [0.05, 0.1) is 16.7 Å². The largest absolute Gasteiger partial charge is 0.323 e. The molecule has 0 radical (unpaired) electrons. The molecule has 0 spiro atoms. The summed E-state index contributed by atoms with van der Waals surface area (Å²) in [4.78, 5) is 5.09. The zero-order valence-electron chi connectivity index (χ0n) is 40.6. The van der Waals surface area contributed by atoms with E-state index in [0.717, 1.165) is 45.2 Å². The third kappa shape index (κ3) is 6.97. The molecule has 0 saturated carbocycles. The number of hydrogen-bond donors (Lipinski definition) is 0. The lowest BCUT2D eigenvalue weighted by molar-refractivity contribution is 0.644. The summed E-state index contributed by atoms with van der Waals surface area (Å²) in [5, 5.41) is 4.79. The Hall–Kier alpha value is -9.70. The molecule has 1 unspecified atom stereocenters. The molecule has 0 N–H and O–H groups in total. The van der Waals surface area contributed by atoms with Crippen molar-refractivity contribution in [2.24, 2.45) is 0 Å². The van der Waals surface area contributed by atoms with Crippen LogP contribution in [0.5, 0.6) is 0 Å². The highest BCUT2D eigenvalue weighted by molar-refractivity contribution is 6.11. The zero-order valence-corrected chi connectivity index (χ0v) is 40.6. The normalized spacial score (nSPS) is 13.7. The van der Waals surface area contributed by atoms with Crippen LogP contribution in [0.15, 0.2) is 297 Å². The second-order valence-corrected chi connectivity index (χ2v) is 19.2. The molecular weight excluding hydrogens is 895 g/mol. The van der Waals surface area contributed by atoms with Crippen LogP contribution in [0, 0.1) is 0 Å². The molecule has 1 heterocycles. The molecule has 0 amide bonds. The quantitative estimate of drug-likeness (QED) is 0.135. The van der Waals surface area contributed by atoms with Crippen LogP contribution in [-0.4, -0.2) is 4.57 Å². The first-order valence-corrected chi connectivity index (χ1v) is 25.5. The van der Waals surface area contributed by atoms with Crippen LogP contribution in [0.2, 0.25) is 0 Å². The Bertz CT molecular complexity index is 4180. The SMILES string of the molecule is c1ccc(-c2ccc(-n3c4ccccc4c4ccc(N(c5ccc6c(c5)C(c5ccccc5)(N(c5ccccc5)c5cccc(-c7ccccc7)c5)c5ccccc5-6)c5cccc6ccccc56)cc43)cc2)cc1. The first kappa shape index (κ1) is 43.1. The number of para-hydroxylation sites is 2. The Balaban J connectivity index is 1.04. The van der Waals surface area contributed by atoms with Crippen LogP contribution < -0.4 is 9.80 Å². The summed E-state index contributed by atoms with van der Waals surface area (Å²) in [7, 11) is 0. The van der Waals surface area contributed by atoms with Crippen LogP contribution in [0.3, 0.4) is 0 Å². The topological polar surface area (TPSA) is 11.4 Å². The van der Waals surface area contributed by atoms with E-state index < -0.39 is 5.54 Å². The van der Waals surface area contributed by atoms with Gasteiger partial charge in [0.15, 0.2) is 0 Å². The van der Waals surface area contributed by atoms with Gasteiger partial charge in [-0.2, -0.15) is 0 Å². The maximum atomic E-state index is 2.60. The molecule has 14 rings (SSSR count). The molecule has 348 valence electrons. The van der Waals surface area contributed by atoms with Crippen LogP contribution in [-0.2, 0) is 5.54 Å². The van der Waals surface area contributed by atoms with Crippen LogP contribution in [0.25, 0.3) is 71.6 Å². The molecule has 13 aromatic rings. The van der Waals surface area contributed by atoms with E-state index in [0.29, 0.717) is 0 Å². The minimum atomic E-state index is -0.813. The lowest BCUT2D eigenvalue weighted by Crippen LogP contribution is -2.44. The Morgan fingerprint density at radius 3 is 1.62 bits per heavy atom. The number of rotatable bonds is 10. The minimum absolute atomic E-state index is 0.813. The van der Waals surface area contributed by atoms with Gasteiger partial charge in [0.1, 0.15) is 5.54 Å². The molecule has 3 heteroatoms. The van der Waals surface area contributed by atoms with Crippen molar-refractivity contribution in [2.75, 3.05) is 9.80 Å². The molecule has 3 nitrogen and oxygen atoms in total. The molecular formula is C71H49N3. The third-order valence-corrected chi connectivity index (χ3v) is 15.2. The lowest BCUT2D eigenvalue weighted by Gasteiger charge is -2.45. The van der Waals surface area contributed by atoms with Gasteiger partial charge in [-0.1, -0.05) is 224 Å². The number of benzene rings is 12. The van der Waals surface area contributed by atoms with E-state index in [-0.39, 0.29) is 0 Å². The molecule has 1 aliphatic rings. The van der Waals surface area contributed by atoms with Gasteiger partial charge in [-0.25, -0.2) is 0 Å². The van der Waals surface area contributed by atoms with Crippen LogP contribution >= 0.6 is 0 Å². The summed E-state index contributed by atoms with van der Waals surface area (Å²) in [6, 6.07) is 109. The summed E-state index contributed by atoms with van der Waals surface area (Å²) in [5.74, 6) is 0. The van der Waals surface area contributed by atoms with Crippen molar-refractivity contribution in [1.82, 2.24) is 4.57 Å². The maximum absolute atomic E-state index is 2.60. The number of fused-ring (bicyclic) bond motifs is 7. The van der Waals surface area contributed by atoms with Crippen LogP contribution in [0.4, 0.5) is 28.4 Å². The summed E-state index contributed by atoms with van der Waals surface area (Å²) in [5.41, 5.74) is 18.8. The first-order chi connectivity index (χ1) is 36.7. The second-order valence-electron chi connectivity index (χ2n) is 19.2. The van der Waals surface area contributed by atoms with E-state index in [1.807, 2.05) is 0 Å². The van der Waals surface area contributed by atoms with E-state index in [2.05, 4.69) is 312 Å². The van der Waals surface area contributed by atoms with E-state index in [4.69, 9.17) is 0 Å². The third-order valence-electron chi connectivity index (χ3n) is 15.2. The summed E-state index contributed by atoms with van der Waals surface area (Å²) >= 11 is 0. The zero-order chi connectivity index (χ0) is 49.0. The average Bonchev–Trinajstić information content (AvgIpc) is 3.98. The summed E-state index contributed by atoms with van der Waals surface area (Å²) < 4.78 is 2.44. The number of hydrogen-bond acceptors (Lipinski definition) is 2. The van der Waals surface area contributed by atoms with Crippen molar-refractivity contribution in [1.29, 1.82) is 0 Å². The highest BCUT2D eigenvalue weighted by Crippen LogP contribution is 2.59. The van der Waals surface area contributed by atoms with Gasteiger partial charge in [0, 0.05) is 44.6 Å². The molecule has 12 aromatic carbocycles. The van der Waals surface area contributed by atoms with Crippen molar-refractivity contribution < 1.29 is 0 Å². The highest BCUT2D eigenvalue weighted by Gasteiger charge is 2.50. The van der Waals surface area contributed by atoms with Crippen molar-refractivity contribution in [2.45, 2.75) is 5.54 Å². The van der Waals surface area contributed by atoms with Gasteiger partial charge >= 0.3 is 0 Å². The molecule has 1 aromatic heterocycles. The fourth-order valence-electron chi connectivity index (χ4n) is 12.0. The van der Waals surface area contributed by atoms with Gasteiger partial charge in [0.2, 0.25) is 0 Å². The first-order valence-electron chi connectivity index (χ1n) is 25.5. The number of aromatic nitrogens is 1. The summed E-state index contributed by atoms with van der Waals surface area (Å²) in [6.45, 7) is 0. The molecule has 0 bridgehead atoms. The fourth-order valence-corrected chi connectivity index (χ4v) is 12.0. The predicted octanol–water partition coefficient (Wildman–Crippen LogP) is 18.9. The second kappa shape index (κ2) is 17.9. The predicted molar refractivity (Wildman–Crippen MR) is 311 cm³/mol. The molecule has 0 fully saturated rings. The molecule has 1 aliphatic carbocycles.